The number of hydrogen-bond donors (Lipinski definition) is 3. The van der Waals surface area contributed by atoms with Gasteiger partial charge >= 0.3 is 0 Å². The van der Waals surface area contributed by atoms with Crippen molar-refractivity contribution < 1.29 is 13.0 Å². The molecule has 0 amide bonds. The number of fused-ring (bicyclic) bond motifs is 8. The smallest absolute Gasteiger partial charge is 0.294 e. The summed E-state index contributed by atoms with van der Waals surface area (Å²) in [5.74, 6) is 0. The Balaban J connectivity index is 0.00000253. The molecular weight excluding hydrogens is 484 g/mol. The van der Waals surface area contributed by atoms with Gasteiger partial charge in [0.05, 0.1) is 27.7 Å². The Morgan fingerprint density at radius 3 is 1.71 bits per heavy atom. The van der Waals surface area contributed by atoms with Gasteiger partial charge in [-0.15, -0.1) is 12.4 Å². The highest BCUT2D eigenvalue weighted by Gasteiger charge is 2.15. The molecule has 2 aliphatic heterocycles. The molecule has 0 saturated heterocycles. The van der Waals surface area contributed by atoms with Crippen LogP contribution in [0.2, 0.25) is 0 Å². The lowest BCUT2D eigenvalue weighted by Crippen LogP contribution is -1.97. The highest BCUT2D eigenvalue weighted by atomic mass is 35.5. The summed E-state index contributed by atoms with van der Waals surface area (Å²) in [4.78, 5) is 16.1. The lowest BCUT2D eigenvalue weighted by Gasteiger charge is -2.03. The Labute approximate surface area is 207 Å². The molecule has 6 rings (SSSR count). The second-order valence-corrected chi connectivity index (χ2v) is 9.51. The Morgan fingerprint density at radius 2 is 1.17 bits per heavy atom. The van der Waals surface area contributed by atoms with Crippen molar-refractivity contribution in [2.24, 2.45) is 0 Å². The molecule has 35 heavy (non-hydrogen) atoms. The molecule has 174 valence electrons. The van der Waals surface area contributed by atoms with E-state index in [2.05, 4.69) is 15.0 Å². The number of H-pyrrole nitrogens is 2. The second kappa shape index (κ2) is 8.66. The van der Waals surface area contributed by atoms with Gasteiger partial charge in [0.25, 0.3) is 10.1 Å². The lowest BCUT2D eigenvalue weighted by molar-refractivity contribution is 0.483. The Hall–Kier alpha value is -3.98. The van der Waals surface area contributed by atoms with E-state index in [1.165, 1.54) is 12.1 Å². The third kappa shape index (κ3) is 4.67. The van der Waals surface area contributed by atoms with E-state index in [4.69, 9.17) is 4.98 Å². The normalized spacial score (nSPS) is 12.8. The predicted octanol–water partition coefficient (Wildman–Crippen LogP) is 5.74. The van der Waals surface area contributed by atoms with Crippen LogP contribution >= 0.6 is 12.4 Å². The molecular formula is C26H19ClN4O3S. The maximum Gasteiger partial charge on any atom is 0.294 e. The van der Waals surface area contributed by atoms with Gasteiger partial charge in [-0.25, -0.2) is 9.97 Å². The van der Waals surface area contributed by atoms with Crippen LogP contribution in [0.4, 0.5) is 0 Å². The Morgan fingerprint density at radius 1 is 0.657 bits per heavy atom. The van der Waals surface area contributed by atoms with Crippen LogP contribution in [0.5, 0.6) is 0 Å². The molecule has 0 unspecified atom stereocenters. The molecule has 9 heteroatoms. The Kier molecular flexibility index (Phi) is 5.64. The van der Waals surface area contributed by atoms with Crippen LogP contribution in [0.3, 0.4) is 0 Å². The maximum atomic E-state index is 11.4. The minimum atomic E-state index is -4.26. The van der Waals surface area contributed by atoms with Crippen LogP contribution in [-0.2, 0) is 10.1 Å². The number of halogens is 1. The fourth-order valence-corrected chi connectivity index (χ4v) is 4.53. The summed E-state index contributed by atoms with van der Waals surface area (Å²) in [5, 5.41) is 0. The van der Waals surface area contributed by atoms with Gasteiger partial charge in [0.2, 0.25) is 0 Å². The number of rotatable bonds is 2. The van der Waals surface area contributed by atoms with Crippen LogP contribution < -0.4 is 0 Å². The van der Waals surface area contributed by atoms with Crippen molar-refractivity contribution in [3.05, 3.63) is 101 Å². The average molecular weight is 503 g/mol. The van der Waals surface area contributed by atoms with Gasteiger partial charge in [-0.2, -0.15) is 8.42 Å². The number of nitrogens with one attached hydrogen (secondary N) is 2. The van der Waals surface area contributed by atoms with Gasteiger partial charge in [0.15, 0.2) is 0 Å². The zero-order valence-corrected chi connectivity index (χ0v) is 19.8. The van der Waals surface area contributed by atoms with Gasteiger partial charge in [-0.1, -0.05) is 12.1 Å². The Bertz CT molecular complexity index is 1780. The molecule has 5 heterocycles. The van der Waals surface area contributed by atoms with Crippen LogP contribution in [0, 0.1) is 0 Å². The first-order chi connectivity index (χ1) is 16.4. The van der Waals surface area contributed by atoms with Crippen molar-refractivity contribution in [3.63, 3.8) is 0 Å². The summed E-state index contributed by atoms with van der Waals surface area (Å²) in [7, 11) is -4.26. The van der Waals surface area contributed by atoms with E-state index in [0.717, 1.165) is 56.0 Å². The van der Waals surface area contributed by atoms with Gasteiger partial charge < -0.3 is 9.97 Å². The molecule has 0 atom stereocenters. The van der Waals surface area contributed by atoms with Crippen LogP contribution in [-0.4, -0.2) is 32.9 Å². The van der Waals surface area contributed by atoms with E-state index in [1.54, 1.807) is 12.1 Å². The number of aromatic nitrogens is 4. The fraction of sp³-hybridized carbons (Fsp3) is 0. The van der Waals surface area contributed by atoms with Crippen molar-refractivity contribution in [1.82, 2.24) is 19.9 Å². The molecule has 0 radical (unpaired) electrons. The quantitative estimate of drug-likeness (QED) is 0.261. The number of benzene rings is 1. The lowest BCUT2D eigenvalue weighted by atomic mass is 10.0. The molecule has 3 N–H and O–H groups in total. The van der Waals surface area contributed by atoms with Gasteiger partial charge in [0.1, 0.15) is 0 Å². The first-order valence-corrected chi connectivity index (χ1v) is 12.0. The van der Waals surface area contributed by atoms with Crippen molar-refractivity contribution in [2.45, 2.75) is 4.90 Å². The first kappa shape index (κ1) is 22.8. The summed E-state index contributed by atoms with van der Waals surface area (Å²) >= 11 is 0. The van der Waals surface area contributed by atoms with E-state index in [0.29, 0.717) is 0 Å². The zero-order chi connectivity index (χ0) is 23.3. The SMILES string of the molecule is Cl.O=S(=O)(O)c1ccc(C2=Cc3cc4ccc(cc5nc(cc6ccc(cc2n3)[nH]6)C=C5)[nH]4)cc1. The van der Waals surface area contributed by atoms with E-state index in [1.807, 2.05) is 66.8 Å². The fourth-order valence-electron chi connectivity index (χ4n) is 4.05. The molecule has 7 nitrogen and oxygen atoms in total. The molecule has 0 saturated carbocycles. The number of hydrogen-bond acceptors (Lipinski definition) is 4. The largest absolute Gasteiger partial charge is 0.355 e. The second-order valence-electron chi connectivity index (χ2n) is 8.09. The van der Waals surface area contributed by atoms with Crippen LogP contribution in [0.1, 0.15) is 28.3 Å². The first-order valence-electron chi connectivity index (χ1n) is 10.6. The highest BCUT2D eigenvalue weighted by Crippen LogP contribution is 2.29. The standard InChI is InChI=1S/C26H18N4O3S.ClH/c31-34(32,33)24-9-1-16(2-10-24)25-14-23-13-21-6-5-19(28-21)11-17-3-4-18(27-17)12-20-7-8-22(29-20)15-26(25)30-23;/h1-15,28-29H,(H,31,32,33);1H. The maximum absolute atomic E-state index is 11.4. The topological polar surface area (TPSA) is 112 Å². The molecule has 3 aromatic heterocycles. The van der Waals surface area contributed by atoms with E-state index in [9.17, 15) is 13.0 Å². The number of nitrogens with zero attached hydrogens (tertiary/aromatic N) is 2. The molecule has 0 fully saturated rings. The minimum absolute atomic E-state index is 0. The van der Waals surface area contributed by atoms with Gasteiger partial charge in [-0.05, 0) is 84.5 Å². The third-order valence-corrected chi connectivity index (χ3v) is 6.50. The summed E-state index contributed by atoms with van der Waals surface area (Å²) in [6.45, 7) is 0. The van der Waals surface area contributed by atoms with E-state index < -0.39 is 10.1 Å². The summed E-state index contributed by atoms with van der Waals surface area (Å²) in [6, 6.07) is 21.9. The van der Waals surface area contributed by atoms with Gasteiger partial charge in [-0.3, -0.25) is 4.55 Å². The van der Waals surface area contributed by atoms with Crippen molar-refractivity contribution in [3.8, 4) is 0 Å². The molecule has 8 bridgehead atoms. The molecule has 0 aliphatic carbocycles. The summed E-state index contributed by atoms with van der Waals surface area (Å²) in [5.41, 5.74) is 8.48. The minimum Gasteiger partial charge on any atom is -0.355 e. The average Bonchev–Trinajstić information content (AvgIpc) is 3.58. The van der Waals surface area contributed by atoms with Crippen LogP contribution in [0.25, 0.3) is 45.9 Å². The van der Waals surface area contributed by atoms with Crippen LogP contribution in [0.15, 0.2) is 77.7 Å². The van der Waals surface area contributed by atoms with E-state index >= 15 is 0 Å². The summed E-state index contributed by atoms with van der Waals surface area (Å²) in [6.07, 6.45) is 5.91. The van der Waals surface area contributed by atoms with Crippen molar-refractivity contribution in [2.75, 3.05) is 0 Å². The monoisotopic (exact) mass is 502 g/mol. The molecule has 4 aromatic rings. The summed E-state index contributed by atoms with van der Waals surface area (Å²) < 4.78 is 32.2. The van der Waals surface area contributed by atoms with Crippen molar-refractivity contribution >= 4 is 68.4 Å². The van der Waals surface area contributed by atoms with E-state index in [-0.39, 0.29) is 17.3 Å². The highest BCUT2D eigenvalue weighted by molar-refractivity contribution is 7.85. The van der Waals surface area contributed by atoms with Crippen molar-refractivity contribution in [1.29, 1.82) is 0 Å². The third-order valence-electron chi connectivity index (χ3n) is 5.63. The van der Waals surface area contributed by atoms with Gasteiger partial charge in [0, 0.05) is 27.6 Å². The molecule has 2 aliphatic rings. The zero-order valence-electron chi connectivity index (χ0n) is 18.1. The predicted molar refractivity (Wildman–Crippen MR) is 140 cm³/mol. The molecule has 1 aromatic carbocycles. The number of aromatic amines is 2. The molecule has 0 spiro atoms.